The van der Waals surface area contributed by atoms with Gasteiger partial charge in [0.1, 0.15) is 9.97 Å². The first kappa shape index (κ1) is 15.2. The Hall–Kier alpha value is -1.15. The van der Waals surface area contributed by atoms with Crippen LogP contribution in [0.1, 0.15) is 24.7 Å². The van der Waals surface area contributed by atoms with Crippen LogP contribution >= 0.6 is 11.3 Å². The number of aliphatic hydroxyl groups excluding tert-OH is 1. The Morgan fingerprint density at radius 3 is 2.90 bits per heavy atom. The van der Waals surface area contributed by atoms with Crippen LogP contribution < -0.4 is 4.72 Å². The molecule has 20 heavy (non-hydrogen) atoms. The summed E-state index contributed by atoms with van der Waals surface area (Å²) in [5.41, 5.74) is 0.610. The van der Waals surface area contributed by atoms with Crippen LogP contribution in [-0.2, 0) is 23.1 Å². The van der Waals surface area contributed by atoms with Gasteiger partial charge in [0.25, 0.3) is 0 Å². The molecule has 2 aromatic rings. The molecule has 0 saturated heterocycles. The summed E-state index contributed by atoms with van der Waals surface area (Å²) < 4.78 is 32.3. The monoisotopic (exact) mass is 315 g/mol. The fraction of sp³-hybridized carbons (Fsp3) is 0.385. The van der Waals surface area contributed by atoms with Gasteiger partial charge in [-0.3, -0.25) is 0 Å². The van der Waals surface area contributed by atoms with Gasteiger partial charge in [0.05, 0.1) is 12.9 Å². The van der Waals surface area contributed by atoms with Crippen LogP contribution in [0.2, 0.25) is 0 Å². The lowest BCUT2D eigenvalue weighted by Gasteiger charge is -2.12. The third kappa shape index (κ3) is 3.92. The van der Waals surface area contributed by atoms with Crippen LogP contribution in [0.5, 0.6) is 0 Å². The average Bonchev–Trinajstić information content (AvgIpc) is 3.07. The van der Waals surface area contributed by atoms with E-state index < -0.39 is 10.0 Å². The Kier molecular flexibility index (Phi) is 4.98. The summed E-state index contributed by atoms with van der Waals surface area (Å²) >= 11 is 1.11. The van der Waals surface area contributed by atoms with Crippen LogP contribution in [0.4, 0.5) is 0 Å². The van der Waals surface area contributed by atoms with Crippen LogP contribution in [0, 0.1) is 0 Å². The van der Waals surface area contributed by atoms with E-state index in [2.05, 4.69) is 4.72 Å². The van der Waals surface area contributed by atoms with Gasteiger partial charge in [-0.05, 0) is 42.5 Å². The second-order valence-corrected chi connectivity index (χ2v) is 7.42. The summed E-state index contributed by atoms with van der Waals surface area (Å²) in [6.07, 6.45) is 2.94. The molecule has 5 nitrogen and oxygen atoms in total. The molecule has 0 fully saturated rings. The van der Waals surface area contributed by atoms with Crippen LogP contribution in [0.15, 0.2) is 38.5 Å². The molecule has 0 aliphatic heterocycles. The largest absolute Gasteiger partial charge is 0.469 e. The molecule has 110 valence electrons. The highest BCUT2D eigenvalue weighted by atomic mass is 32.2. The van der Waals surface area contributed by atoms with E-state index in [1.54, 1.807) is 11.6 Å². The Morgan fingerprint density at radius 1 is 1.50 bits per heavy atom. The minimum absolute atomic E-state index is 0.153. The zero-order chi connectivity index (χ0) is 14.6. The summed E-state index contributed by atoms with van der Waals surface area (Å²) in [7, 11) is -3.51. The third-order valence-electron chi connectivity index (χ3n) is 2.84. The number of sulfonamides is 1. The van der Waals surface area contributed by atoms with Gasteiger partial charge in [-0.15, -0.1) is 11.3 Å². The lowest BCUT2D eigenvalue weighted by molar-refractivity contribution is 0.282. The molecule has 1 atom stereocenters. The van der Waals surface area contributed by atoms with E-state index in [-0.39, 0.29) is 16.9 Å². The Morgan fingerprint density at radius 2 is 2.30 bits per heavy atom. The van der Waals surface area contributed by atoms with Crippen LogP contribution in [-0.4, -0.2) is 19.6 Å². The summed E-state index contributed by atoms with van der Waals surface area (Å²) in [5.74, 6) is 0.842. The van der Waals surface area contributed by atoms with Crippen molar-refractivity contribution in [2.24, 2.45) is 0 Å². The van der Waals surface area contributed by atoms with Gasteiger partial charge >= 0.3 is 0 Å². The Balaban J connectivity index is 1.93. The first-order valence-electron chi connectivity index (χ1n) is 6.24. The van der Waals surface area contributed by atoms with E-state index in [1.807, 2.05) is 19.1 Å². The van der Waals surface area contributed by atoms with Crippen molar-refractivity contribution < 1.29 is 17.9 Å². The number of hydrogen-bond acceptors (Lipinski definition) is 5. The van der Waals surface area contributed by atoms with Crippen molar-refractivity contribution >= 4 is 21.4 Å². The molecule has 2 aromatic heterocycles. The minimum atomic E-state index is -3.51. The van der Waals surface area contributed by atoms with Gasteiger partial charge in [-0.1, -0.05) is 0 Å². The molecular formula is C13H17NO4S2. The maximum Gasteiger partial charge on any atom is 0.250 e. The standard InChI is InChI=1S/C13H17NO4S2/c1-10(4-5-12-3-2-6-18-12)14-20(16,17)13-7-11(8-15)9-19-13/h2-3,6-7,9-10,14-15H,4-5,8H2,1H3. The fourth-order valence-corrected chi connectivity index (χ4v) is 4.27. The van der Waals surface area contributed by atoms with Gasteiger partial charge in [0, 0.05) is 12.5 Å². The van der Waals surface area contributed by atoms with Crippen molar-refractivity contribution in [2.75, 3.05) is 0 Å². The molecule has 2 heterocycles. The second-order valence-electron chi connectivity index (χ2n) is 4.57. The lowest BCUT2D eigenvalue weighted by atomic mass is 10.2. The van der Waals surface area contributed by atoms with E-state index in [1.165, 1.54) is 6.07 Å². The van der Waals surface area contributed by atoms with Crippen molar-refractivity contribution in [3.8, 4) is 0 Å². The summed E-state index contributed by atoms with van der Waals surface area (Å²) in [6, 6.07) is 4.98. The molecular weight excluding hydrogens is 298 g/mol. The van der Waals surface area contributed by atoms with Gasteiger partial charge in [-0.2, -0.15) is 0 Å². The summed E-state index contributed by atoms with van der Waals surface area (Å²) in [4.78, 5) is 0. The number of hydrogen-bond donors (Lipinski definition) is 2. The Labute approximate surface area is 122 Å². The zero-order valence-electron chi connectivity index (χ0n) is 11.1. The molecule has 2 rings (SSSR count). The summed E-state index contributed by atoms with van der Waals surface area (Å²) in [5, 5.41) is 10.6. The van der Waals surface area contributed by atoms with E-state index >= 15 is 0 Å². The van der Waals surface area contributed by atoms with Crippen molar-refractivity contribution in [1.82, 2.24) is 4.72 Å². The molecule has 0 spiro atoms. The van der Waals surface area contributed by atoms with Crippen molar-refractivity contribution in [1.29, 1.82) is 0 Å². The van der Waals surface area contributed by atoms with Crippen molar-refractivity contribution in [3.63, 3.8) is 0 Å². The van der Waals surface area contributed by atoms with Gasteiger partial charge in [0.2, 0.25) is 10.0 Å². The minimum Gasteiger partial charge on any atom is -0.469 e. The normalized spacial score (nSPS) is 13.5. The van der Waals surface area contributed by atoms with Crippen LogP contribution in [0.3, 0.4) is 0 Å². The number of nitrogens with one attached hydrogen (secondary N) is 1. The predicted molar refractivity (Wildman–Crippen MR) is 77.1 cm³/mol. The van der Waals surface area contributed by atoms with Crippen LogP contribution in [0.25, 0.3) is 0 Å². The average molecular weight is 315 g/mol. The van der Waals surface area contributed by atoms with E-state index in [4.69, 9.17) is 9.52 Å². The Bertz CT molecular complexity index is 631. The molecule has 2 N–H and O–H groups in total. The summed E-state index contributed by atoms with van der Waals surface area (Å²) in [6.45, 7) is 1.67. The van der Waals surface area contributed by atoms with Crippen molar-refractivity contribution in [2.45, 2.75) is 36.6 Å². The zero-order valence-corrected chi connectivity index (χ0v) is 12.7. The highest BCUT2D eigenvalue weighted by Gasteiger charge is 2.19. The highest BCUT2D eigenvalue weighted by Crippen LogP contribution is 2.20. The smallest absolute Gasteiger partial charge is 0.250 e. The highest BCUT2D eigenvalue weighted by molar-refractivity contribution is 7.91. The topological polar surface area (TPSA) is 79.5 Å². The predicted octanol–water partition coefficient (Wildman–Crippen LogP) is 2.13. The number of thiophene rings is 1. The second kappa shape index (κ2) is 6.53. The van der Waals surface area contributed by atoms with Gasteiger partial charge in [-0.25, -0.2) is 13.1 Å². The quantitative estimate of drug-likeness (QED) is 0.820. The number of furan rings is 1. The first-order chi connectivity index (χ1) is 9.51. The molecule has 0 aliphatic carbocycles. The lowest BCUT2D eigenvalue weighted by Crippen LogP contribution is -2.32. The van der Waals surface area contributed by atoms with E-state index in [0.29, 0.717) is 18.4 Å². The molecule has 0 amide bonds. The van der Waals surface area contributed by atoms with Gasteiger partial charge in [0.15, 0.2) is 0 Å². The molecule has 0 radical (unpaired) electrons. The third-order valence-corrected chi connectivity index (χ3v) is 5.92. The maximum atomic E-state index is 12.1. The van der Waals surface area contributed by atoms with Gasteiger partial charge < -0.3 is 9.52 Å². The number of rotatable bonds is 7. The number of aryl methyl sites for hydroxylation is 1. The fourth-order valence-electron chi connectivity index (χ4n) is 1.77. The first-order valence-corrected chi connectivity index (χ1v) is 8.60. The van der Waals surface area contributed by atoms with E-state index in [0.717, 1.165) is 17.1 Å². The molecule has 0 bridgehead atoms. The molecule has 0 saturated carbocycles. The molecule has 1 unspecified atom stereocenters. The maximum absolute atomic E-state index is 12.1. The molecule has 0 aliphatic rings. The molecule has 0 aromatic carbocycles. The number of aliphatic hydroxyl groups is 1. The van der Waals surface area contributed by atoms with E-state index in [9.17, 15) is 8.42 Å². The SMILES string of the molecule is CC(CCc1ccco1)NS(=O)(=O)c1cc(CO)cs1. The molecule has 7 heteroatoms. The van der Waals surface area contributed by atoms with Crippen molar-refractivity contribution in [3.05, 3.63) is 41.2 Å².